The van der Waals surface area contributed by atoms with Crippen molar-refractivity contribution in [3.8, 4) is 0 Å². The number of rotatable bonds is 4. The summed E-state index contributed by atoms with van der Waals surface area (Å²) in [5.41, 5.74) is -0.829. The minimum absolute atomic E-state index is 0.0688. The van der Waals surface area contributed by atoms with Crippen LogP contribution in [0.5, 0.6) is 0 Å². The minimum Gasteiger partial charge on any atom is -0.317 e. The van der Waals surface area contributed by atoms with E-state index in [2.05, 4.69) is 10.0 Å². The van der Waals surface area contributed by atoms with Gasteiger partial charge in [0, 0.05) is 5.54 Å². The summed E-state index contributed by atoms with van der Waals surface area (Å²) in [5, 5.41) is 3.20. The maximum absolute atomic E-state index is 12.1. The van der Waals surface area contributed by atoms with E-state index in [9.17, 15) is 16.8 Å². The highest BCUT2D eigenvalue weighted by molar-refractivity contribution is 7.92. The summed E-state index contributed by atoms with van der Waals surface area (Å²) in [7, 11) is -6.51. The molecular formula is C11H22N2O4S2. The van der Waals surface area contributed by atoms with E-state index in [-0.39, 0.29) is 23.2 Å². The monoisotopic (exact) mass is 310 g/mol. The Hall–Kier alpha value is -0.180. The normalized spacial score (nSPS) is 32.5. The van der Waals surface area contributed by atoms with Gasteiger partial charge in [0.1, 0.15) is 0 Å². The van der Waals surface area contributed by atoms with E-state index in [4.69, 9.17) is 0 Å². The van der Waals surface area contributed by atoms with Crippen molar-refractivity contribution in [2.45, 2.75) is 31.7 Å². The van der Waals surface area contributed by atoms with Crippen LogP contribution in [0.3, 0.4) is 0 Å². The molecular weight excluding hydrogens is 288 g/mol. The van der Waals surface area contributed by atoms with E-state index in [0.29, 0.717) is 6.42 Å². The molecule has 2 rings (SSSR count). The molecule has 0 saturated carbocycles. The maximum Gasteiger partial charge on any atom is 0.212 e. The van der Waals surface area contributed by atoms with Crippen molar-refractivity contribution in [1.82, 2.24) is 10.0 Å². The van der Waals surface area contributed by atoms with Crippen molar-refractivity contribution >= 4 is 19.9 Å². The minimum atomic E-state index is -3.42. The van der Waals surface area contributed by atoms with Crippen LogP contribution in [0, 0.1) is 5.92 Å². The Morgan fingerprint density at radius 1 is 1.32 bits per heavy atom. The molecule has 2 fully saturated rings. The molecule has 1 unspecified atom stereocenters. The van der Waals surface area contributed by atoms with E-state index in [1.165, 1.54) is 0 Å². The summed E-state index contributed by atoms with van der Waals surface area (Å²) in [6.07, 6.45) is 2.08. The van der Waals surface area contributed by atoms with Crippen molar-refractivity contribution in [2.24, 2.45) is 5.92 Å². The number of sulfonamides is 1. The van der Waals surface area contributed by atoms with Crippen LogP contribution in [-0.2, 0) is 19.9 Å². The van der Waals surface area contributed by atoms with E-state index >= 15 is 0 Å². The van der Waals surface area contributed by atoms with Crippen molar-refractivity contribution in [3.05, 3.63) is 0 Å². The van der Waals surface area contributed by atoms with Gasteiger partial charge in [-0.05, 0) is 45.2 Å². The zero-order chi connectivity index (χ0) is 14.1. The van der Waals surface area contributed by atoms with Crippen LogP contribution in [0.2, 0.25) is 0 Å². The smallest absolute Gasteiger partial charge is 0.212 e. The summed E-state index contributed by atoms with van der Waals surface area (Å²) >= 11 is 0. The summed E-state index contributed by atoms with van der Waals surface area (Å²) in [6.45, 7) is 3.38. The Kier molecular flexibility index (Phi) is 4.25. The molecule has 0 amide bonds. The number of piperidine rings is 1. The van der Waals surface area contributed by atoms with Crippen LogP contribution in [0.4, 0.5) is 0 Å². The first-order valence-corrected chi connectivity index (χ1v) is 10.1. The lowest BCUT2D eigenvalue weighted by molar-refractivity contribution is 0.394. The van der Waals surface area contributed by atoms with Gasteiger partial charge in [-0.1, -0.05) is 0 Å². The van der Waals surface area contributed by atoms with Gasteiger partial charge in [-0.15, -0.1) is 0 Å². The molecule has 2 N–H and O–H groups in total. The lowest BCUT2D eigenvalue weighted by atomic mass is 10.0. The van der Waals surface area contributed by atoms with Gasteiger partial charge in [0.2, 0.25) is 10.0 Å². The zero-order valence-corrected chi connectivity index (χ0v) is 12.8. The van der Waals surface area contributed by atoms with Gasteiger partial charge in [0.15, 0.2) is 9.84 Å². The Balaban J connectivity index is 1.97. The molecule has 0 aromatic carbocycles. The molecule has 0 bridgehead atoms. The molecule has 2 aliphatic rings. The van der Waals surface area contributed by atoms with Gasteiger partial charge >= 0.3 is 0 Å². The molecule has 19 heavy (non-hydrogen) atoms. The number of nitrogens with one attached hydrogen (secondary N) is 2. The summed E-state index contributed by atoms with van der Waals surface area (Å²) in [5.74, 6) is 0.246. The molecule has 2 heterocycles. The molecule has 0 aliphatic carbocycles. The molecule has 0 aromatic heterocycles. The molecule has 1 atom stereocenters. The fraction of sp³-hybridized carbons (Fsp3) is 1.00. The molecule has 0 radical (unpaired) electrons. The third-order valence-electron chi connectivity index (χ3n) is 3.82. The predicted octanol–water partition coefficient (Wildman–Crippen LogP) is -0.517. The second kappa shape index (κ2) is 5.31. The van der Waals surface area contributed by atoms with Gasteiger partial charge in [-0.25, -0.2) is 21.6 Å². The fourth-order valence-corrected chi connectivity index (χ4v) is 7.01. The summed E-state index contributed by atoms with van der Waals surface area (Å²) in [6, 6.07) is 0. The molecule has 2 saturated heterocycles. The van der Waals surface area contributed by atoms with Gasteiger partial charge in [-0.2, -0.15) is 0 Å². The van der Waals surface area contributed by atoms with Crippen LogP contribution >= 0.6 is 0 Å². The van der Waals surface area contributed by atoms with E-state index in [1.54, 1.807) is 6.92 Å². The lowest BCUT2D eigenvalue weighted by Crippen LogP contribution is -2.48. The zero-order valence-electron chi connectivity index (χ0n) is 11.2. The highest BCUT2D eigenvalue weighted by atomic mass is 32.2. The van der Waals surface area contributed by atoms with Crippen LogP contribution in [-0.4, -0.2) is 52.7 Å². The van der Waals surface area contributed by atoms with Crippen LogP contribution in [0.1, 0.15) is 26.2 Å². The van der Waals surface area contributed by atoms with E-state index < -0.39 is 25.4 Å². The molecule has 8 heteroatoms. The van der Waals surface area contributed by atoms with Crippen molar-refractivity contribution in [2.75, 3.05) is 30.3 Å². The van der Waals surface area contributed by atoms with Crippen LogP contribution < -0.4 is 10.0 Å². The Labute approximate surface area is 115 Å². The van der Waals surface area contributed by atoms with Gasteiger partial charge in [0.05, 0.1) is 17.3 Å². The first-order valence-electron chi connectivity index (χ1n) is 6.63. The number of sulfone groups is 1. The largest absolute Gasteiger partial charge is 0.317 e. The molecule has 2 aliphatic heterocycles. The quantitative estimate of drug-likeness (QED) is 0.729. The predicted molar refractivity (Wildman–Crippen MR) is 74.2 cm³/mol. The topological polar surface area (TPSA) is 92.3 Å². The second-order valence-corrected chi connectivity index (χ2v) is 9.93. The highest BCUT2D eigenvalue weighted by Gasteiger charge is 2.41. The lowest BCUT2D eigenvalue weighted by Gasteiger charge is -2.27. The summed E-state index contributed by atoms with van der Waals surface area (Å²) in [4.78, 5) is 0. The molecule has 6 nitrogen and oxygen atoms in total. The van der Waals surface area contributed by atoms with Gasteiger partial charge in [0.25, 0.3) is 0 Å². The van der Waals surface area contributed by atoms with E-state index in [0.717, 1.165) is 25.9 Å². The Morgan fingerprint density at radius 2 is 1.95 bits per heavy atom. The second-order valence-electron chi connectivity index (χ2n) is 5.98. The van der Waals surface area contributed by atoms with Gasteiger partial charge in [-0.3, -0.25) is 0 Å². The number of hydrogen-bond acceptors (Lipinski definition) is 5. The third-order valence-corrected chi connectivity index (χ3v) is 7.44. The first-order chi connectivity index (χ1) is 8.70. The summed E-state index contributed by atoms with van der Waals surface area (Å²) < 4.78 is 49.9. The fourth-order valence-electron chi connectivity index (χ4n) is 2.87. The molecule has 112 valence electrons. The van der Waals surface area contributed by atoms with E-state index in [1.807, 2.05) is 0 Å². The average molecular weight is 310 g/mol. The Morgan fingerprint density at radius 3 is 2.47 bits per heavy atom. The standard InChI is InChI=1S/C11H22N2O4S2/c1-11(4-7-18(14,15)9-11)13-19(16,17)8-10-2-5-12-6-3-10/h10,12-13H,2-9H2,1H3. The SMILES string of the molecule is CC1(NS(=O)(=O)CC2CCNCC2)CCS(=O)(=O)C1. The van der Waals surface area contributed by atoms with Crippen molar-refractivity contribution in [3.63, 3.8) is 0 Å². The van der Waals surface area contributed by atoms with Crippen LogP contribution in [0.15, 0.2) is 0 Å². The number of hydrogen-bond donors (Lipinski definition) is 2. The first kappa shape index (κ1) is 15.2. The Bertz CT molecular complexity index is 523. The van der Waals surface area contributed by atoms with Crippen molar-refractivity contribution < 1.29 is 16.8 Å². The maximum atomic E-state index is 12.1. The van der Waals surface area contributed by atoms with Gasteiger partial charge < -0.3 is 5.32 Å². The molecule has 0 spiro atoms. The molecule has 0 aromatic rings. The average Bonchev–Trinajstić information content (AvgIpc) is 2.52. The van der Waals surface area contributed by atoms with Crippen molar-refractivity contribution in [1.29, 1.82) is 0 Å². The van der Waals surface area contributed by atoms with Crippen LogP contribution in [0.25, 0.3) is 0 Å². The highest BCUT2D eigenvalue weighted by Crippen LogP contribution is 2.24. The third kappa shape index (κ3) is 4.40.